The molecule has 2 N–H and O–H groups in total. The van der Waals surface area contributed by atoms with Crippen molar-refractivity contribution in [1.29, 1.82) is 0 Å². The number of benzene rings is 1. The molecular formula is C14H20N2. The summed E-state index contributed by atoms with van der Waals surface area (Å²) in [5.41, 5.74) is 11.0. The third-order valence-electron chi connectivity index (χ3n) is 3.21. The highest BCUT2D eigenvalue weighted by Gasteiger charge is 2.11. The third kappa shape index (κ3) is 2.64. The molecule has 0 saturated heterocycles. The predicted octanol–water partition coefficient (Wildman–Crippen LogP) is 2.73. The lowest BCUT2D eigenvalue weighted by atomic mass is 10.1. The van der Waals surface area contributed by atoms with Crippen molar-refractivity contribution in [2.75, 3.05) is 18.8 Å². The molecule has 0 aliphatic carbocycles. The quantitative estimate of drug-likeness (QED) is 0.608. The van der Waals surface area contributed by atoms with Crippen LogP contribution in [0.2, 0.25) is 0 Å². The Bertz CT molecular complexity index is 407. The summed E-state index contributed by atoms with van der Waals surface area (Å²) in [5.74, 6) is 0. The van der Waals surface area contributed by atoms with Gasteiger partial charge in [-0.25, -0.2) is 0 Å². The zero-order valence-corrected chi connectivity index (χ0v) is 10.2. The van der Waals surface area contributed by atoms with Crippen molar-refractivity contribution in [3.8, 4) is 0 Å². The van der Waals surface area contributed by atoms with E-state index in [0.29, 0.717) is 0 Å². The summed E-state index contributed by atoms with van der Waals surface area (Å²) in [4.78, 5) is 2.44. The Kier molecular flexibility index (Phi) is 3.30. The minimum atomic E-state index is 0.914. The molecule has 0 spiro atoms. The van der Waals surface area contributed by atoms with Gasteiger partial charge in [0, 0.05) is 25.3 Å². The minimum absolute atomic E-state index is 0.914. The zero-order chi connectivity index (χ0) is 11.5. The summed E-state index contributed by atoms with van der Waals surface area (Å²) < 4.78 is 0. The van der Waals surface area contributed by atoms with Crippen molar-refractivity contribution in [1.82, 2.24) is 4.90 Å². The summed E-state index contributed by atoms with van der Waals surface area (Å²) in [6, 6.07) is 6.27. The van der Waals surface area contributed by atoms with Crippen LogP contribution in [0.15, 0.2) is 29.8 Å². The number of rotatable bonds is 2. The summed E-state index contributed by atoms with van der Waals surface area (Å²) in [7, 11) is 0. The van der Waals surface area contributed by atoms with E-state index in [9.17, 15) is 0 Å². The van der Waals surface area contributed by atoms with Gasteiger partial charge in [0.2, 0.25) is 0 Å². The van der Waals surface area contributed by atoms with E-state index in [1.54, 1.807) is 0 Å². The molecule has 0 atom stereocenters. The largest absolute Gasteiger partial charge is 0.398 e. The fourth-order valence-electron chi connectivity index (χ4n) is 2.07. The smallest absolute Gasteiger partial charge is 0.0359 e. The van der Waals surface area contributed by atoms with Crippen LogP contribution in [0.4, 0.5) is 5.69 Å². The van der Waals surface area contributed by atoms with Crippen LogP contribution in [0, 0.1) is 6.92 Å². The van der Waals surface area contributed by atoms with Gasteiger partial charge in [0.1, 0.15) is 0 Å². The Morgan fingerprint density at radius 2 is 2.12 bits per heavy atom. The van der Waals surface area contributed by atoms with E-state index in [1.807, 2.05) is 6.07 Å². The molecule has 16 heavy (non-hydrogen) atoms. The molecule has 86 valence electrons. The number of hydrogen-bond acceptors (Lipinski definition) is 2. The van der Waals surface area contributed by atoms with Crippen LogP contribution < -0.4 is 5.73 Å². The van der Waals surface area contributed by atoms with Gasteiger partial charge in [0.15, 0.2) is 0 Å². The minimum Gasteiger partial charge on any atom is -0.398 e. The Morgan fingerprint density at radius 1 is 1.31 bits per heavy atom. The maximum absolute atomic E-state index is 5.99. The molecule has 0 amide bonds. The second-order valence-electron chi connectivity index (χ2n) is 4.74. The van der Waals surface area contributed by atoms with Crippen LogP contribution in [0.5, 0.6) is 0 Å². The molecule has 1 heterocycles. The number of nitrogens with zero attached hydrogens (tertiary/aromatic N) is 1. The maximum atomic E-state index is 5.99. The Hall–Kier alpha value is -1.28. The molecule has 0 fully saturated rings. The number of aryl methyl sites for hydroxylation is 1. The molecule has 0 radical (unpaired) electrons. The van der Waals surface area contributed by atoms with Crippen molar-refractivity contribution < 1.29 is 0 Å². The van der Waals surface area contributed by atoms with Crippen molar-refractivity contribution in [2.24, 2.45) is 0 Å². The van der Waals surface area contributed by atoms with Gasteiger partial charge < -0.3 is 5.73 Å². The van der Waals surface area contributed by atoms with Crippen LogP contribution >= 0.6 is 0 Å². The molecule has 0 bridgehead atoms. The second kappa shape index (κ2) is 4.71. The molecule has 2 heteroatoms. The van der Waals surface area contributed by atoms with E-state index in [-0.39, 0.29) is 0 Å². The lowest BCUT2D eigenvalue weighted by Gasteiger charge is -2.25. The Morgan fingerprint density at radius 3 is 2.81 bits per heavy atom. The van der Waals surface area contributed by atoms with Crippen LogP contribution in [0.1, 0.15) is 24.5 Å². The molecule has 0 unspecified atom stereocenters. The summed E-state index contributed by atoms with van der Waals surface area (Å²) >= 11 is 0. The van der Waals surface area contributed by atoms with Gasteiger partial charge in [-0.15, -0.1) is 0 Å². The SMILES string of the molecule is CC1=CCN(Cc2cc(C)ccc2N)CC1. The van der Waals surface area contributed by atoms with E-state index in [0.717, 1.165) is 25.3 Å². The lowest BCUT2D eigenvalue weighted by molar-refractivity contribution is 0.286. The van der Waals surface area contributed by atoms with E-state index in [2.05, 4.69) is 37.0 Å². The second-order valence-corrected chi connectivity index (χ2v) is 4.74. The van der Waals surface area contributed by atoms with Crippen molar-refractivity contribution in [3.63, 3.8) is 0 Å². The molecule has 1 aliphatic heterocycles. The zero-order valence-electron chi connectivity index (χ0n) is 10.2. The molecule has 0 aromatic heterocycles. The van der Waals surface area contributed by atoms with E-state index < -0.39 is 0 Å². The molecule has 2 nitrogen and oxygen atoms in total. The lowest BCUT2D eigenvalue weighted by Crippen LogP contribution is -2.28. The molecular weight excluding hydrogens is 196 g/mol. The molecule has 2 rings (SSSR count). The van der Waals surface area contributed by atoms with Gasteiger partial charge in [-0.2, -0.15) is 0 Å². The Balaban J connectivity index is 2.06. The highest BCUT2D eigenvalue weighted by atomic mass is 15.1. The predicted molar refractivity (Wildman–Crippen MR) is 69.2 cm³/mol. The Labute approximate surface area is 97.8 Å². The number of anilines is 1. The van der Waals surface area contributed by atoms with E-state index in [1.165, 1.54) is 23.1 Å². The van der Waals surface area contributed by atoms with Crippen LogP contribution in [-0.2, 0) is 6.54 Å². The van der Waals surface area contributed by atoms with Crippen LogP contribution in [0.3, 0.4) is 0 Å². The average Bonchev–Trinajstić information content (AvgIpc) is 2.27. The van der Waals surface area contributed by atoms with Gasteiger partial charge in [-0.1, -0.05) is 29.3 Å². The number of nitrogens with two attached hydrogens (primary N) is 1. The third-order valence-corrected chi connectivity index (χ3v) is 3.21. The van der Waals surface area contributed by atoms with Crippen molar-refractivity contribution in [3.05, 3.63) is 41.0 Å². The van der Waals surface area contributed by atoms with Gasteiger partial charge in [0.25, 0.3) is 0 Å². The molecule has 1 aromatic rings. The summed E-state index contributed by atoms with van der Waals surface area (Å²) in [6.07, 6.45) is 3.50. The van der Waals surface area contributed by atoms with Gasteiger partial charge in [-0.05, 0) is 31.9 Å². The number of nitrogen functional groups attached to an aromatic ring is 1. The first-order valence-corrected chi connectivity index (χ1v) is 5.88. The van der Waals surface area contributed by atoms with E-state index in [4.69, 9.17) is 5.73 Å². The van der Waals surface area contributed by atoms with Gasteiger partial charge in [-0.3, -0.25) is 4.90 Å². The highest BCUT2D eigenvalue weighted by Crippen LogP contribution is 2.18. The van der Waals surface area contributed by atoms with E-state index >= 15 is 0 Å². The molecule has 1 aromatic carbocycles. The first kappa shape index (κ1) is 11.2. The monoisotopic (exact) mass is 216 g/mol. The topological polar surface area (TPSA) is 29.3 Å². The standard InChI is InChI=1S/C14H20N2/c1-11-5-7-16(8-6-11)10-13-9-12(2)3-4-14(13)15/h3-5,9H,6-8,10,15H2,1-2H3. The highest BCUT2D eigenvalue weighted by molar-refractivity contribution is 5.48. The fraction of sp³-hybridized carbons (Fsp3) is 0.429. The normalized spacial score (nSPS) is 17.2. The molecule has 0 saturated carbocycles. The maximum Gasteiger partial charge on any atom is 0.0359 e. The van der Waals surface area contributed by atoms with Crippen molar-refractivity contribution in [2.45, 2.75) is 26.8 Å². The fourth-order valence-corrected chi connectivity index (χ4v) is 2.07. The van der Waals surface area contributed by atoms with Gasteiger partial charge >= 0.3 is 0 Å². The first-order chi connectivity index (χ1) is 7.65. The molecule has 1 aliphatic rings. The van der Waals surface area contributed by atoms with Gasteiger partial charge in [0.05, 0.1) is 0 Å². The van der Waals surface area contributed by atoms with Crippen LogP contribution in [0.25, 0.3) is 0 Å². The summed E-state index contributed by atoms with van der Waals surface area (Å²) in [6.45, 7) is 7.49. The first-order valence-electron chi connectivity index (χ1n) is 5.88. The number of hydrogen-bond donors (Lipinski definition) is 1. The van der Waals surface area contributed by atoms with Crippen LogP contribution in [-0.4, -0.2) is 18.0 Å². The summed E-state index contributed by atoms with van der Waals surface area (Å²) in [5, 5.41) is 0. The van der Waals surface area contributed by atoms with Crippen molar-refractivity contribution >= 4 is 5.69 Å². The average molecular weight is 216 g/mol.